The third-order valence-corrected chi connectivity index (χ3v) is 3.69. The van der Waals surface area contributed by atoms with Crippen molar-refractivity contribution in [3.05, 3.63) is 23.2 Å². The number of hydrogen-bond acceptors (Lipinski definition) is 4. The monoisotopic (exact) mass is 312 g/mol. The number of amides is 1. The Labute approximate surface area is 129 Å². The van der Waals surface area contributed by atoms with Crippen LogP contribution >= 0.6 is 11.6 Å². The molecule has 0 spiro atoms. The molecule has 2 rings (SSSR count). The van der Waals surface area contributed by atoms with Gasteiger partial charge >= 0.3 is 0 Å². The number of halogens is 1. The second-order valence-electron chi connectivity index (χ2n) is 5.16. The number of anilines is 2. The van der Waals surface area contributed by atoms with Gasteiger partial charge in [-0.3, -0.25) is 4.79 Å². The molecule has 1 aromatic carbocycles. The van der Waals surface area contributed by atoms with Crippen LogP contribution in [0.1, 0.15) is 19.3 Å². The van der Waals surface area contributed by atoms with Crippen LogP contribution in [0.2, 0.25) is 5.02 Å². The largest absolute Gasteiger partial charge is 0.397 e. The van der Waals surface area contributed by atoms with Crippen molar-refractivity contribution in [1.82, 2.24) is 0 Å². The average Bonchev–Trinajstić information content (AvgIpc) is 2.48. The van der Waals surface area contributed by atoms with Crippen molar-refractivity contribution >= 4 is 28.9 Å². The van der Waals surface area contributed by atoms with Crippen LogP contribution in [-0.2, 0) is 14.3 Å². The van der Waals surface area contributed by atoms with E-state index in [0.29, 0.717) is 41.9 Å². The van der Waals surface area contributed by atoms with Gasteiger partial charge in [0.05, 0.1) is 24.4 Å². The van der Waals surface area contributed by atoms with Crippen molar-refractivity contribution in [2.45, 2.75) is 19.3 Å². The van der Waals surface area contributed by atoms with Gasteiger partial charge in [-0.25, -0.2) is 0 Å². The Balaban J connectivity index is 1.65. The SMILES string of the molecule is Nc1cc(Cl)ccc1NC(=O)CCOCC1CCOCC1. The number of carbonyl (C=O) groups is 1. The first-order chi connectivity index (χ1) is 10.1. The summed E-state index contributed by atoms with van der Waals surface area (Å²) in [6.45, 7) is 2.73. The molecular formula is C15H21ClN2O3. The summed E-state index contributed by atoms with van der Waals surface area (Å²) in [4.78, 5) is 11.8. The van der Waals surface area contributed by atoms with Gasteiger partial charge in [-0.1, -0.05) is 11.6 Å². The number of nitrogens with one attached hydrogen (secondary N) is 1. The summed E-state index contributed by atoms with van der Waals surface area (Å²) in [6, 6.07) is 4.99. The fourth-order valence-electron chi connectivity index (χ4n) is 2.19. The van der Waals surface area contributed by atoms with Crippen molar-refractivity contribution < 1.29 is 14.3 Å². The summed E-state index contributed by atoms with van der Waals surface area (Å²) in [6.07, 6.45) is 2.38. The van der Waals surface area contributed by atoms with Crippen LogP contribution in [0.4, 0.5) is 11.4 Å². The summed E-state index contributed by atoms with van der Waals surface area (Å²) in [5.41, 5.74) is 6.81. The zero-order chi connectivity index (χ0) is 15.1. The van der Waals surface area contributed by atoms with Crippen molar-refractivity contribution in [2.75, 3.05) is 37.5 Å². The molecule has 21 heavy (non-hydrogen) atoms. The maximum Gasteiger partial charge on any atom is 0.226 e. The lowest BCUT2D eigenvalue weighted by Gasteiger charge is -2.21. The molecule has 0 unspecified atom stereocenters. The van der Waals surface area contributed by atoms with Crippen LogP contribution in [0.15, 0.2) is 18.2 Å². The minimum absolute atomic E-state index is 0.115. The van der Waals surface area contributed by atoms with Gasteiger partial charge < -0.3 is 20.5 Å². The Morgan fingerprint density at radius 1 is 1.43 bits per heavy atom. The maximum atomic E-state index is 11.8. The normalized spacial score (nSPS) is 15.9. The summed E-state index contributed by atoms with van der Waals surface area (Å²) in [5, 5.41) is 3.30. The molecule has 1 amide bonds. The number of nitrogens with two attached hydrogens (primary N) is 1. The number of carbonyl (C=O) groups excluding carboxylic acids is 1. The standard InChI is InChI=1S/C15H21ClN2O3/c16-12-1-2-14(13(17)9-12)18-15(19)5-8-21-10-11-3-6-20-7-4-11/h1-2,9,11H,3-8,10,17H2,(H,18,19). The fraction of sp³-hybridized carbons (Fsp3) is 0.533. The quantitative estimate of drug-likeness (QED) is 0.625. The lowest BCUT2D eigenvalue weighted by molar-refractivity contribution is -0.117. The highest BCUT2D eigenvalue weighted by Crippen LogP contribution is 2.22. The number of ether oxygens (including phenoxy) is 2. The van der Waals surface area contributed by atoms with Crippen LogP contribution in [0.25, 0.3) is 0 Å². The van der Waals surface area contributed by atoms with Crippen molar-refractivity contribution in [3.8, 4) is 0 Å². The summed E-state index contributed by atoms with van der Waals surface area (Å²) in [5.74, 6) is 0.435. The fourth-order valence-corrected chi connectivity index (χ4v) is 2.37. The van der Waals surface area contributed by atoms with E-state index in [0.717, 1.165) is 26.1 Å². The van der Waals surface area contributed by atoms with Crippen LogP contribution in [0.3, 0.4) is 0 Å². The van der Waals surface area contributed by atoms with E-state index in [1.54, 1.807) is 18.2 Å². The van der Waals surface area contributed by atoms with E-state index in [1.807, 2.05) is 0 Å². The molecule has 0 bridgehead atoms. The van der Waals surface area contributed by atoms with Gasteiger partial charge in [-0.2, -0.15) is 0 Å². The summed E-state index contributed by atoms with van der Waals surface area (Å²) >= 11 is 5.81. The maximum absolute atomic E-state index is 11.8. The smallest absolute Gasteiger partial charge is 0.226 e. The van der Waals surface area contributed by atoms with Crippen molar-refractivity contribution in [3.63, 3.8) is 0 Å². The first-order valence-corrected chi connectivity index (χ1v) is 7.53. The van der Waals surface area contributed by atoms with Gasteiger partial charge in [0.15, 0.2) is 0 Å². The molecule has 1 fully saturated rings. The van der Waals surface area contributed by atoms with Gasteiger partial charge in [-0.05, 0) is 37.0 Å². The van der Waals surface area contributed by atoms with E-state index in [-0.39, 0.29) is 5.91 Å². The lowest BCUT2D eigenvalue weighted by Crippen LogP contribution is -2.21. The Kier molecular flexibility index (Phi) is 6.29. The van der Waals surface area contributed by atoms with Gasteiger partial charge in [0.2, 0.25) is 5.91 Å². The third kappa shape index (κ3) is 5.53. The Hall–Kier alpha value is -1.30. The molecule has 5 nitrogen and oxygen atoms in total. The minimum atomic E-state index is -0.115. The first-order valence-electron chi connectivity index (χ1n) is 7.15. The molecule has 0 aromatic heterocycles. The second kappa shape index (κ2) is 8.22. The van der Waals surface area contributed by atoms with Crippen LogP contribution in [-0.4, -0.2) is 32.3 Å². The highest BCUT2D eigenvalue weighted by atomic mass is 35.5. The predicted octanol–water partition coefficient (Wildman–Crippen LogP) is 2.69. The molecule has 1 heterocycles. The number of hydrogen-bond donors (Lipinski definition) is 2. The van der Waals surface area contributed by atoms with Gasteiger partial charge in [-0.15, -0.1) is 0 Å². The lowest BCUT2D eigenvalue weighted by atomic mass is 10.0. The van der Waals surface area contributed by atoms with E-state index < -0.39 is 0 Å². The Bertz CT molecular complexity index is 476. The van der Waals surface area contributed by atoms with E-state index >= 15 is 0 Å². The third-order valence-electron chi connectivity index (χ3n) is 3.46. The molecule has 116 valence electrons. The average molecular weight is 313 g/mol. The number of benzene rings is 1. The second-order valence-corrected chi connectivity index (χ2v) is 5.60. The minimum Gasteiger partial charge on any atom is -0.397 e. The van der Waals surface area contributed by atoms with Crippen LogP contribution < -0.4 is 11.1 Å². The topological polar surface area (TPSA) is 73.6 Å². The molecular weight excluding hydrogens is 292 g/mol. The molecule has 1 aromatic rings. The van der Waals surface area contributed by atoms with Gasteiger partial charge in [0.25, 0.3) is 0 Å². The molecule has 0 radical (unpaired) electrons. The predicted molar refractivity (Wildman–Crippen MR) is 83.5 cm³/mol. The number of rotatable bonds is 6. The molecule has 3 N–H and O–H groups in total. The molecule has 1 aliphatic heterocycles. The first kappa shape index (κ1) is 16.1. The van der Waals surface area contributed by atoms with Crippen LogP contribution in [0.5, 0.6) is 0 Å². The van der Waals surface area contributed by atoms with E-state index in [4.69, 9.17) is 26.8 Å². The van der Waals surface area contributed by atoms with Crippen LogP contribution in [0, 0.1) is 5.92 Å². The molecule has 1 saturated heterocycles. The Morgan fingerprint density at radius 2 is 2.19 bits per heavy atom. The van der Waals surface area contributed by atoms with Crippen molar-refractivity contribution in [1.29, 1.82) is 0 Å². The molecule has 0 saturated carbocycles. The highest BCUT2D eigenvalue weighted by Gasteiger charge is 2.14. The van der Waals surface area contributed by atoms with Gasteiger partial charge in [0.1, 0.15) is 0 Å². The number of nitrogen functional groups attached to an aromatic ring is 1. The van der Waals surface area contributed by atoms with E-state index in [9.17, 15) is 4.79 Å². The molecule has 1 aliphatic rings. The zero-order valence-electron chi connectivity index (χ0n) is 11.9. The zero-order valence-corrected chi connectivity index (χ0v) is 12.7. The summed E-state index contributed by atoms with van der Waals surface area (Å²) < 4.78 is 10.9. The van der Waals surface area contributed by atoms with Crippen molar-refractivity contribution in [2.24, 2.45) is 5.92 Å². The molecule has 6 heteroatoms. The van der Waals surface area contributed by atoms with Gasteiger partial charge in [0, 0.05) is 24.8 Å². The van der Waals surface area contributed by atoms with E-state index in [2.05, 4.69) is 5.32 Å². The summed E-state index contributed by atoms with van der Waals surface area (Å²) in [7, 11) is 0. The molecule has 0 aliphatic carbocycles. The Morgan fingerprint density at radius 3 is 2.90 bits per heavy atom. The molecule has 0 atom stereocenters. The highest BCUT2D eigenvalue weighted by molar-refractivity contribution is 6.31. The van der Waals surface area contributed by atoms with E-state index in [1.165, 1.54) is 0 Å².